The normalized spacial score (nSPS) is 25.6. The van der Waals surface area contributed by atoms with Crippen LogP contribution in [0.5, 0.6) is 0 Å². The number of ketones is 2. The standard InChI is InChI=1S/C41H52N2O3.C37H38N2O2/c1-31(45-7)19-13-15-29-42-36-25-11-9-23-34(36)40(3,4)38(42)27-17-21-33(44)22-18-28-39-41(5,6)35-24-10-12-26-37(35)43(39)30-16-14-20-32(2)46-8;1-36(2)27-9-5-7-11-29(27)38-15-13-21-17-31-25(19-23(21)34(36)38)33(40)26-20-24-22(18-32(26)41-31)14-16-39-30-12-8-6-10-28(30)37(3,4)35(24)39/h9-14,17-28,31-32H,15-16,29-30H2,1-8H3;5-12,19-22,31-32H,13-18H2,1-4H3/b19-13+,20-14+,21-17+,22-18+,38-27+,39-28+;/t;21-,22+,31+,32?/m.1/s1. The maximum Gasteiger partial charge on any atom is 0.190 e. The van der Waals surface area contributed by atoms with Gasteiger partial charge in [0.25, 0.3) is 0 Å². The number of allylic oxidation sites excluding steroid dienone is 14. The summed E-state index contributed by atoms with van der Waals surface area (Å²) < 4.78 is 17.6. The van der Waals surface area contributed by atoms with Crippen molar-refractivity contribution in [3.05, 3.63) is 237 Å². The number of anilines is 4. The van der Waals surface area contributed by atoms with Gasteiger partial charge in [0.1, 0.15) is 0 Å². The summed E-state index contributed by atoms with van der Waals surface area (Å²) >= 11 is 0. The van der Waals surface area contributed by atoms with Crippen LogP contribution in [0.3, 0.4) is 0 Å². The van der Waals surface area contributed by atoms with Crippen molar-refractivity contribution in [1.29, 1.82) is 0 Å². The second-order valence-electron chi connectivity index (χ2n) is 27.4. The second-order valence-corrected chi connectivity index (χ2v) is 27.4. The number of rotatable bonds is 14. The SMILES string of the molecule is CC1(C)C2=C3C=C4C(=O)C5=CC6=C7N(CC[C@H]6CC5O[C@H]4C[C@H]3CCN2c2ccccc21)c1ccccc1C7(C)C.COC(C)/C=C/CCN1/C(=C/C=C/C(=O)/C=C/C=C2/N(CC/C=C/C(C)OC)c3ccccc3C2(C)C)C(C)(C)c2ccccc21. The van der Waals surface area contributed by atoms with Gasteiger partial charge in [-0.2, -0.15) is 0 Å². The van der Waals surface area contributed by atoms with E-state index < -0.39 is 0 Å². The van der Waals surface area contributed by atoms with Gasteiger partial charge in [-0.05, 0) is 158 Å². The largest absolute Gasteiger partial charge is 0.378 e. The minimum atomic E-state index is -0.170. The number of ether oxygens (including phenoxy) is 3. The highest BCUT2D eigenvalue weighted by molar-refractivity contribution is 6.11. The number of benzene rings is 4. The molecule has 4 aromatic carbocycles. The topological polar surface area (TPSA) is 74.8 Å². The number of Topliss-reactive ketones (excluding diaryl/α,β-unsaturated/α-hetero) is 1. The summed E-state index contributed by atoms with van der Waals surface area (Å²) in [5.41, 5.74) is 19.7. The first-order valence-electron chi connectivity index (χ1n) is 32.1. The van der Waals surface area contributed by atoms with Gasteiger partial charge in [0, 0.05) is 119 Å². The Bertz CT molecular complexity index is 3470. The molecule has 1 saturated heterocycles. The second kappa shape index (κ2) is 23.7. The summed E-state index contributed by atoms with van der Waals surface area (Å²) in [5.74, 6) is 1.08. The predicted octanol–water partition coefficient (Wildman–Crippen LogP) is 16.1. The molecule has 9 nitrogen and oxygen atoms in total. The molecule has 87 heavy (non-hydrogen) atoms. The van der Waals surface area contributed by atoms with E-state index in [-0.39, 0.29) is 57.6 Å². The molecular weight excluding hydrogens is 1070 g/mol. The van der Waals surface area contributed by atoms with Gasteiger partial charge in [-0.3, -0.25) is 9.59 Å². The van der Waals surface area contributed by atoms with Crippen LogP contribution in [0.25, 0.3) is 0 Å². The van der Waals surface area contributed by atoms with E-state index in [0.717, 1.165) is 75.9 Å². The van der Waals surface area contributed by atoms with Crippen molar-refractivity contribution in [2.45, 2.75) is 154 Å². The monoisotopic (exact) mass is 1160 g/mol. The zero-order valence-electron chi connectivity index (χ0n) is 53.5. The molecule has 4 aromatic rings. The fraction of sp³-hybridized carbons (Fsp3) is 0.410. The van der Waals surface area contributed by atoms with Crippen molar-refractivity contribution in [3.8, 4) is 0 Å². The smallest absolute Gasteiger partial charge is 0.190 e. The summed E-state index contributed by atoms with van der Waals surface area (Å²) in [6, 6.07) is 34.9. The van der Waals surface area contributed by atoms with Gasteiger partial charge in [0.05, 0.1) is 24.4 Å². The van der Waals surface area contributed by atoms with Crippen molar-refractivity contribution in [2.24, 2.45) is 11.8 Å². The van der Waals surface area contributed by atoms with Crippen molar-refractivity contribution in [1.82, 2.24) is 0 Å². The quantitative estimate of drug-likeness (QED) is 0.0906. The lowest BCUT2D eigenvalue weighted by Gasteiger charge is -2.46. The molecule has 9 aliphatic rings. The molecule has 3 unspecified atom stereocenters. The third kappa shape index (κ3) is 10.6. The predicted molar refractivity (Wildman–Crippen MR) is 356 cm³/mol. The van der Waals surface area contributed by atoms with Crippen molar-refractivity contribution < 1.29 is 23.8 Å². The first-order chi connectivity index (χ1) is 41.8. The molecular formula is C78H90N4O5. The number of para-hydroxylation sites is 4. The van der Waals surface area contributed by atoms with Gasteiger partial charge in [0.15, 0.2) is 11.6 Å². The zero-order chi connectivity index (χ0) is 61.2. The van der Waals surface area contributed by atoms with Crippen LogP contribution in [0, 0.1) is 11.8 Å². The highest BCUT2D eigenvalue weighted by Gasteiger charge is 2.52. The highest BCUT2D eigenvalue weighted by Crippen LogP contribution is 2.58. The van der Waals surface area contributed by atoms with E-state index in [2.05, 4.69) is 221 Å². The Kier molecular flexibility index (Phi) is 16.3. The molecule has 9 heteroatoms. The molecule has 0 aromatic heterocycles. The van der Waals surface area contributed by atoms with Crippen LogP contribution < -0.4 is 19.6 Å². The van der Waals surface area contributed by atoms with Crippen molar-refractivity contribution in [3.63, 3.8) is 0 Å². The number of fused-ring (bicyclic) bond motifs is 12. The average Bonchev–Trinajstić information content (AvgIpc) is 1.72. The van der Waals surface area contributed by atoms with Crippen molar-refractivity contribution >= 4 is 34.3 Å². The molecule has 0 amide bonds. The van der Waals surface area contributed by atoms with E-state index in [0.29, 0.717) is 11.8 Å². The Labute approximate surface area is 518 Å². The lowest BCUT2D eigenvalue weighted by molar-refractivity contribution is -0.120. The van der Waals surface area contributed by atoms with E-state index in [4.69, 9.17) is 14.2 Å². The van der Waals surface area contributed by atoms with Crippen LogP contribution in [0.2, 0.25) is 0 Å². The minimum Gasteiger partial charge on any atom is -0.378 e. The maximum atomic E-state index is 14.4. The molecule has 0 radical (unpaired) electrons. The molecule has 452 valence electrons. The van der Waals surface area contributed by atoms with Crippen LogP contribution in [0.1, 0.15) is 130 Å². The summed E-state index contributed by atoms with van der Waals surface area (Å²) in [4.78, 5) is 37.2. The fourth-order valence-electron chi connectivity index (χ4n) is 16.0. The van der Waals surface area contributed by atoms with Gasteiger partial charge in [-0.15, -0.1) is 0 Å². The van der Waals surface area contributed by atoms with Gasteiger partial charge in [-0.25, -0.2) is 0 Å². The Morgan fingerprint density at radius 3 is 1.31 bits per heavy atom. The molecule has 1 fully saturated rings. The number of nitrogens with zero attached hydrogens (tertiary/aromatic N) is 4. The number of carbonyl (C=O) groups is 2. The van der Waals surface area contributed by atoms with Crippen LogP contribution in [-0.2, 0) is 45.5 Å². The number of carbonyl (C=O) groups excluding carboxylic acids is 2. The first kappa shape index (κ1) is 60.0. The molecule has 13 rings (SSSR count). The van der Waals surface area contributed by atoms with E-state index in [1.54, 1.807) is 26.4 Å². The summed E-state index contributed by atoms with van der Waals surface area (Å²) in [7, 11) is 3.45. The van der Waals surface area contributed by atoms with Crippen LogP contribution in [0.4, 0.5) is 22.7 Å². The number of methoxy groups -OCH3 is 2. The molecule has 7 aliphatic heterocycles. The molecule has 0 N–H and O–H groups in total. The van der Waals surface area contributed by atoms with Gasteiger partial charge >= 0.3 is 0 Å². The lowest BCUT2D eigenvalue weighted by Crippen LogP contribution is -2.46. The number of hydrogen-bond donors (Lipinski definition) is 0. The van der Waals surface area contributed by atoms with Crippen molar-refractivity contribution in [2.75, 3.05) is 60.0 Å². The molecule has 7 heterocycles. The van der Waals surface area contributed by atoms with Gasteiger partial charge < -0.3 is 33.8 Å². The summed E-state index contributed by atoms with van der Waals surface area (Å²) in [6.07, 6.45) is 30.3. The van der Waals surface area contributed by atoms with Gasteiger partial charge in [0.2, 0.25) is 0 Å². The van der Waals surface area contributed by atoms with Crippen LogP contribution in [0.15, 0.2) is 215 Å². The highest BCUT2D eigenvalue weighted by atomic mass is 16.5. The van der Waals surface area contributed by atoms with E-state index >= 15 is 0 Å². The molecule has 0 saturated carbocycles. The third-order valence-corrected chi connectivity index (χ3v) is 20.7. The van der Waals surface area contributed by atoms with Gasteiger partial charge in [-0.1, -0.05) is 165 Å². The van der Waals surface area contributed by atoms with E-state index in [1.807, 2.05) is 26.0 Å². The average molecular weight is 1160 g/mol. The summed E-state index contributed by atoms with van der Waals surface area (Å²) in [6.45, 7) is 26.3. The summed E-state index contributed by atoms with van der Waals surface area (Å²) in [5, 5.41) is 0. The van der Waals surface area contributed by atoms with Crippen LogP contribution >= 0.6 is 0 Å². The fourth-order valence-corrected chi connectivity index (χ4v) is 16.0. The minimum absolute atomic E-state index is 0.0404. The number of hydrogen-bond acceptors (Lipinski definition) is 9. The van der Waals surface area contributed by atoms with E-state index in [1.165, 1.54) is 78.9 Å². The zero-order valence-corrected chi connectivity index (χ0v) is 53.5. The lowest BCUT2D eigenvalue weighted by atomic mass is 9.68. The molecule has 0 spiro atoms. The molecule has 2 aliphatic carbocycles. The Balaban J connectivity index is 0.000000170. The third-order valence-electron chi connectivity index (χ3n) is 20.7. The molecule has 0 bridgehead atoms. The Morgan fingerprint density at radius 1 is 0.552 bits per heavy atom. The first-order valence-corrected chi connectivity index (χ1v) is 32.1. The Morgan fingerprint density at radius 2 is 0.920 bits per heavy atom. The van der Waals surface area contributed by atoms with Crippen LogP contribution in [-0.4, -0.2) is 76.4 Å². The van der Waals surface area contributed by atoms with E-state index in [9.17, 15) is 9.59 Å². The molecule has 6 atom stereocenters. The maximum absolute atomic E-state index is 14.4. The Hall–Kier alpha value is -7.30.